The summed E-state index contributed by atoms with van der Waals surface area (Å²) < 4.78 is 0. The Balaban J connectivity index is 1.88. The van der Waals surface area contributed by atoms with Gasteiger partial charge in [0.15, 0.2) is 0 Å². The number of nitrogens with zero attached hydrogens (tertiary/aromatic N) is 1. The topological polar surface area (TPSA) is 15.3 Å². The van der Waals surface area contributed by atoms with Crippen molar-refractivity contribution in [3.8, 4) is 0 Å². The van der Waals surface area contributed by atoms with Crippen LogP contribution in [0, 0.1) is 5.92 Å². The van der Waals surface area contributed by atoms with Crippen molar-refractivity contribution in [3.63, 3.8) is 0 Å². The summed E-state index contributed by atoms with van der Waals surface area (Å²) in [5.41, 5.74) is 3.02. The molecule has 1 N–H and O–H groups in total. The van der Waals surface area contributed by atoms with Gasteiger partial charge in [-0.15, -0.1) is 0 Å². The molecule has 0 amide bonds. The van der Waals surface area contributed by atoms with Crippen LogP contribution in [-0.2, 0) is 0 Å². The maximum absolute atomic E-state index is 3.69. The Morgan fingerprint density at radius 3 is 2.81 bits per heavy atom. The molecule has 0 bridgehead atoms. The first kappa shape index (κ1) is 14.9. The number of hydrogen-bond acceptors (Lipinski definition) is 2. The lowest BCUT2D eigenvalue weighted by Crippen LogP contribution is -2.39. The molecule has 1 fully saturated rings. The summed E-state index contributed by atoms with van der Waals surface area (Å²) in [7, 11) is 0. The molecular weight excluding hydrogens is 256 g/mol. The first-order valence-corrected chi connectivity index (χ1v) is 8.88. The molecule has 0 spiro atoms. The van der Waals surface area contributed by atoms with Crippen LogP contribution in [-0.4, -0.2) is 19.1 Å². The maximum Gasteiger partial charge on any atom is 0.0417 e. The fourth-order valence-electron chi connectivity index (χ4n) is 4.31. The van der Waals surface area contributed by atoms with Crippen LogP contribution in [0.5, 0.6) is 0 Å². The Bertz CT molecular complexity index is 457. The van der Waals surface area contributed by atoms with Gasteiger partial charge in [-0.1, -0.05) is 44.9 Å². The molecule has 1 aromatic carbocycles. The van der Waals surface area contributed by atoms with Gasteiger partial charge in [-0.05, 0) is 49.8 Å². The highest BCUT2D eigenvalue weighted by molar-refractivity contribution is 5.56. The van der Waals surface area contributed by atoms with Crippen LogP contribution in [0.4, 0.5) is 5.69 Å². The zero-order valence-electron chi connectivity index (χ0n) is 13.6. The van der Waals surface area contributed by atoms with E-state index in [0.29, 0.717) is 6.04 Å². The third kappa shape index (κ3) is 3.26. The van der Waals surface area contributed by atoms with Crippen molar-refractivity contribution in [2.24, 2.45) is 5.92 Å². The first-order valence-electron chi connectivity index (χ1n) is 8.88. The summed E-state index contributed by atoms with van der Waals surface area (Å²) >= 11 is 0. The summed E-state index contributed by atoms with van der Waals surface area (Å²) in [6.07, 6.45) is 8.15. The minimum Gasteiger partial charge on any atom is -0.368 e. The average molecular weight is 286 g/mol. The lowest BCUT2D eigenvalue weighted by atomic mass is 9.86. The van der Waals surface area contributed by atoms with E-state index in [-0.39, 0.29) is 0 Å². The van der Waals surface area contributed by atoms with Crippen molar-refractivity contribution in [3.05, 3.63) is 29.8 Å². The lowest BCUT2D eigenvalue weighted by Gasteiger charge is -2.38. The smallest absolute Gasteiger partial charge is 0.0417 e. The highest BCUT2D eigenvalue weighted by atomic mass is 15.2. The normalized spacial score (nSPS) is 29.8. The molecule has 1 aromatic rings. The minimum atomic E-state index is 0.539. The monoisotopic (exact) mass is 286 g/mol. The van der Waals surface area contributed by atoms with Crippen molar-refractivity contribution in [1.82, 2.24) is 5.32 Å². The van der Waals surface area contributed by atoms with Crippen molar-refractivity contribution >= 4 is 5.69 Å². The van der Waals surface area contributed by atoms with Gasteiger partial charge in [-0.3, -0.25) is 0 Å². The molecule has 21 heavy (non-hydrogen) atoms. The van der Waals surface area contributed by atoms with E-state index < -0.39 is 0 Å². The molecule has 1 aliphatic heterocycles. The highest BCUT2D eigenvalue weighted by Gasteiger charge is 2.29. The summed E-state index contributed by atoms with van der Waals surface area (Å²) in [5.74, 6) is 0.892. The third-order valence-electron chi connectivity index (χ3n) is 5.31. The molecule has 3 rings (SSSR count). The van der Waals surface area contributed by atoms with Gasteiger partial charge >= 0.3 is 0 Å². The highest BCUT2D eigenvalue weighted by Crippen LogP contribution is 2.37. The van der Waals surface area contributed by atoms with Gasteiger partial charge in [0.05, 0.1) is 0 Å². The van der Waals surface area contributed by atoms with Crippen LogP contribution in [0.25, 0.3) is 0 Å². The Labute approximate surface area is 129 Å². The Morgan fingerprint density at radius 2 is 2.00 bits per heavy atom. The van der Waals surface area contributed by atoms with Gasteiger partial charge < -0.3 is 10.2 Å². The Kier molecular flexibility index (Phi) is 4.84. The van der Waals surface area contributed by atoms with Crippen molar-refractivity contribution in [2.45, 2.75) is 64.5 Å². The fourth-order valence-corrected chi connectivity index (χ4v) is 4.31. The summed E-state index contributed by atoms with van der Waals surface area (Å²) in [6, 6.07) is 10.4. The quantitative estimate of drug-likeness (QED) is 0.879. The van der Waals surface area contributed by atoms with Crippen LogP contribution in [0.15, 0.2) is 24.3 Å². The second-order valence-corrected chi connectivity index (χ2v) is 6.93. The molecule has 2 nitrogen and oxygen atoms in total. The van der Waals surface area contributed by atoms with E-state index in [1.165, 1.54) is 56.3 Å². The van der Waals surface area contributed by atoms with Gasteiger partial charge in [0.2, 0.25) is 0 Å². The zero-order chi connectivity index (χ0) is 14.7. The van der Waals surface area contributed by atoms with Gasteiger partial charge in [-0.25, -0.2) is 0 Å². The maximum atomic E-state index is 3.69. The van der Waals surface area contributed by atoms with Crippen LogP contribution in [0.1, 0.15) is 64.0 Å². The summed E-state index contributed by atoms with van der Waals surface area (Å²) in [5, 5.41) is 3.69. The van der Waals surface area contributed by atoms with E-state index in [4.69, 9.17) is 0 Å². The van der Waals surface area contributed by atoms with Crippen molar-refractivity contribution in [2.75, 3.05) is 18.0 Å². The predicted molar refractivity (Wildman–Crippen MR) is 90.9 cm³/mol. The molecule has 2 heteroatoms. The van der Waals surface area contributed by atoms with E-state index in [9.17, 15) is 0 Å². The molecule has 116 valence electrons. The SMILES string of the molecule is CCNC1CCCN(C2CCCC(C)C2)c2ccccc21. The first-order chi connectivity index (χ1) is 10.3. The van der Waals surface area contributed by atoms with Crippen molar-refractivity contribution < 1.29 is 0 Å². The number of hydrogen-bond donors (Lipinski definition) is 1. The average Bonchev–Trinajstić information content (AvgIpc) is 2.68. The lowest BCUT2D eigenvalue weighted by molar-refractivity contribution is 0.329. The van der Waals surface area contributed by atoms with Crippen LogP contribution < -0.4 is 10.2 Å². The number of rotatable bonds is 3. The molecular formula is C19H30N2. The van der Waals surface area contributed by atoms with Gasteiger partial charge in [0.25, 0.3) is 0 Å². The molecule has 0 saturated heterocycles. The number of fused-ring (bicyclic) bond motifs is 1. The second kappa shape index (κ2) is 6.83. The van der Waals surface area contributed by atoms with Crippen LogP contribution in [0.2, 0.25) is 0 Å². The van der Waals surface area contributed by atoms with Gasteiger partial charge in [0, 0.05) is 24.3 Å². The molecule has 1 aliphatic carbocycles. The van der Waals surface area contributed by atoms with Crippen molar-refractivity contribution in [1.29, 1.82) is 0 Å². The van der Waals surface area contributed by atoms with Crippen LogP contribution in [0.3, 0.4) is 0 Å². The molecule has 2 aliphatic rings. The summed E-state index contributed by atoms with van der Waals surface area (Å²) in [6.45, 7) is 6.93. The summed E-state index contributed by atoms with van der Waals surface area (Å²) in [4.78, 5) is 2.74. The number of para-hydroxylation sites is 1. The minimum absolute atomic E-state index is 0.539. The van der Waals surface area contributed by atoms with E-state index in [1.54, 1.807) is 0 Å². The number of anilines is 1. The molecule has 1 saturated carbocycles. The fraction of sp³-hybridized carbons (Fsp3) is 0.684. The molecule has 1 heterocycles. The standard InChI is InChI=1S/C19H30N2/c1-3-20-18-11-7-13-21(16-9-6-8-15(2)14-16)19-12-5-4-10-17(18)19/h4-5,10,12,15-16,18,20H,3,6-9,11,13-14H2,1-2H3. The molecule has 0 aromatic heterocycles. The van der Waals surface area contributed by atoms with E-state index in [1.807, 2.05) is 0 Å². The van der Waals surface area contributed by atoms with E-state index >= 15 is 0 Å². The predicted octanol–water partition coefficient (Wildman–Crippen LogP) is 4.52. The molecule has 3 unspecified atom stereocenters. The number of benzene rings is 1. The van der Waals surface area contributed by atoms with Gasteiger partial charge in [0.1, 0.15) is 0 Å². The molecule has 3 atom stereocenters. The third-order valence-corrected chi connectivity index (χ3v) is 5.31. The van der Waals surface area contributed by atoms with Crippen LogP contribution >= 0.6 is 0 Å². The number of nitrogens with one attached hydrogen (secondary N) is 1. The Hall–Kier alpha value is -1.02. The zero-order valence-corrected chi connectivity index (χ0v) is 13.6. The van der Waals surface area contributed by atoms with E-state index in [0.717, 1.165) is 18.5 Å². The second-order valence-electron chi connectivity index (χ2n) is 6.93. The Morgan fingerprint density at radius 1 is 1.14 bits per heavy atom. The van der Waals surface area contributed by atoms with E-state index in [2.05, 4.69) is 48.3 Å². The van der Waals surface area contributed by atoms with Gasteiger partial charge in [-0.2, -0.15) is 0 Å². The molecule has 0 radical (unpaired) electrons. The largest absolute Gasteiger partial charge is 0.368 e.